The number of nitrogens with two attached hydrogens (primary N) is 1. The number of hydrogen-bond donors (Lipinski definition) is 1. The highest BCUT2D eigenvalue weighted by atomic mass is 32.2. The number of amides is 1. The topological polar surface area (TPSA) is 83.7 Å². The normalized spacial score (nSPS) is 18.8. The van der Waals surface area contributed by atoms with Gasteiger partial charge in [0.2, 0.25) is 15.9 Å². The number of carbonyl (C=O) groups is 1. The Morgan fingerprint density at radius 1 is 1.20 bits per heavy atom. The zero-order chi connectivity index (χ0) is 18.8. The Balaban J connectivity index is 2.09. The molecule has 1 amide bonds. The van der Waals surface area contributed by atoms with Crippen molar-refractivity contribution in [3.05, 3.63) is 29.3 Å². The highest BCUT2D eigenvalue weighted by Crippen LogP contribution is 2.22. The van der Waals surface area contributed by atoms with Crippen LogP contribution in [0.5, 0.6) is 0 Å². The summed E-state index contributed by atoms with van der Waals surface area (Å²) in [6, 6.07) is 4.92. The summed E-state index contributed by atoms with van der Waals surface area (Å²) in [6.07, 6.45) is 0.841. The molecule has 1 aliphatic rings. The highest BCUT2D eigenvalue weighted by molar-refractivity contribution is 7.89. The smallest absolute Gasteiger partial charge is 0.243 e. The van der Waals surface area contributed by atoms with Crippen molar-refractivity contribution in [1.29, 1.82) is 0 Å². The van der Waals surface area contributed by atoms with Gasteiger partial charge < -0.3 is 10.6 Å². The molecule has 2 unspecified atom stereocenters. The molecule has 0 aliphatic carbocycles. The summed E-state index contributed by atoms with van der Waals surface area (Å²) in [5.74, 6) is 0.0299. The van der Waals surface area contributed by atoms with Crippen LogP contribution in [-0.4, -0.2) is 55.8 Å². The van der Waals surface area contributed by atoms with Crippen LogP contribution in [0.25, 0.3) is 0 Å². The first-order valence-corrected chi connectivity index (χ1v) is 10.2. The fourth-order valence-corrected chi connectivity index (χ4v) is 4.71. The molecule has 25 heavy (non-hydrogen) atoms. The Morgan fingerprint density at radius 3 is 2.36 bits per heavy atom. The van der Waals surface area contributed by atoms with Crippen LogP contribution in [0.4, 0.5) is 0 Å². The Hall–Kier alpha value is -1.44. The number of benzene rings is 1. The van der Waals surface area contributed by atoms with Crippen LogP contribution in [0.3, 0.4) is 0 Å². The molecule has 1 saturated heterocycles. The fraction of sp³-hybridized carbons (Fsp3) is 0.611. The van der Waals surface area contributed by atoms with E-state index in [1.54, 1.807) is 17.9 Å². The lowest BCUT2D eigenvalue weighted by Crippen LogP contribution is -2.55. The summed E-state index contributed by atoms with van der Waals surface area (Å²) < 4.78 is 27.3. The van der Waals surface area contributed by atoms with Gasteiger partial charge in [-0.1, -0.05) is 32.4 Å². The molecule has 1 aliphatic heterocycles. The SMILES string of the molecule is CCC(C)C(N)C(=O)N1CCN(S(=O)(=O)c2cc(C)ccc2C)CC1. The molecule has 2 atom stereocenters. The summed E-state index contributed by atoms with van der Waals surface area (Å²) in [5.41, 5.74) is 7.68. The van der Waals surface area contributed by atoms with E-state index in [0.29, 0.717) is 31.1 Å². The first kappa shape index (κ1) is 19.9. The van der Waals surface area contributed by atoms with Gasteiger partial charge in [-0.15, -0.1) is 0 Å². The standard InChI is InChI=1S/C18H29N3O3S/c1-5-14(3)17(19)18(22)20-8-10-21(11-9-20)25(23,24)16-12-13(2)6-7-15(16)4/h6-7,12,14,17H,5,8-11,19H2,1-4H3. The molecule has 2 N–H and O–H groups in total. The van der Waals surface area contributed by atoms with E-state index in [9.17, 15) is 13.2 Å². The summed E-state index contributed by atoms with van der Waals surface area (Å²) in [4.78, 5) is 14.5. The Kier molecular flexibility index (Phi) is 6.24. The van der Waals surface area contributed by atoms with Gasteiger partial charge in [-0.2, -0.15) is 4.31 Å². The third-order valence-corrected chi connectivity index (χ3v) is 7.09. The van der Waals surface area contributed by atoms with Gasteiger partial charge in [0.05, 0.1) is 10.9 Å². The van der Waals surface area contributed by atoms with E-state index in [1.807, 2.05) is 32.9 Å². The molecule has 0 aromatic heterocycles. The number of rotatable bonds is 5. The monoisotopic (exact) mass is 367 g/mol. The lowest BCUT2D eigenvalue weighted by molar-refractivity contribution is -0.134. The van der Waals surface area contributed by atoms with E-state index in [2.05, 4.69) is 0 Å². The van der Waals surface area contributed by atoms with E-state index in [0.717, 1.165) is 17.5 Å². The average molecular weight is 368 g/mol. The lowest BCUT2D eigenvalue weighted by atomic mass is 9.99. The summed E-state index contributed by atoms with van der Waals surface area (Å²) in [6.45, 7) is 9.02. The Morgan fingerprint density at radius 2 is 1.80 bits per heavy atom. The summed E-state index contributed by atoms with van der Waals surface area (Å²) >= 11 is 0. The van der Waals surface area contributed by atoms with Gasteiger partial charge in [-0.3, -0.25) is 4.79 Å². The van der Waals surface area contributed by atoms with Crippen molar-refractivity contribution < 1.29 is 13.2 Å². The van der Waals surface area contributed by atoms with Gasteiger partial charge in [0.25, 0.3) is 0 Å². The van der Waals surface area contributed by atoms with Crippen molar-refractivity contribution >= 4 is 15.9 Å². The van der Waals surface area contributed by atoms with Crippen molar-refractivity contribution in [2.75, 3.05) is 26.2 Å². The molecule has 1 aromatic carbocycles. The molecule has 1 aromatic rings. The van der Waals surface area contributed by atoms with Gasteiger partial charge >= 0.3 is 0 Å². The maximum absolute atomic E-state index is 12.9. The Labute approximate surface area is 151 Å². The van der Waals surface area contributed by atoms with Gasteiger partial charge in [-0.25, -0.2) is 8.42 Å². The quantitative estimate of drug-likeness (QED) is 0.855. The molecule has 6 nitrogen and oxygen atoms in total. The average Bonchev–Trinajstić information content (AvgIpc) is 2.61. The minimum Gasteiger partial charge on any atom is -0.339 e. The van der Waals surface area contributed by atoms with Crippen molar-refractivity contribution in [2.24, 2.45) is 11.7 Å². The predicted octanol–water partition coefficient (Wildman–Crippen LogP) is 1.51. The van der Waals surface area contributed by atoms with Gasteiger partial charge in [0.15, 0.2) is 0 Å². The number of nitrogens with zero attached hydrogens (tertiary/aromatic N) is 2. The second-order valence-corrected chi connectivity index (χ2v) is 8.82. The lowest BCUT2D eigenvalue weighted by Gasteiger charge is -2.36. The Bertz CT molecular complexity index is 725. The number of piperazine rings is 1. The molecular weight excluding hydrogens is 338 g/mol. The molecule has 2 rings (SSSR count). The largest absolute Gasteiger partial charge is 0.339 e. The van der Waals surface area contributed by atoms with Gasteiger partial charge in [-0.05, 0) is 37.0 Å². The number of hydrogen-bond acceptors (Lipinski definition) is 4. The van der Waals surface area contributed by atoms with Crippen LogP contribution < -0.4 is 5.73 Å². The van der Waals surface area contributed by atoms with Crippen LogP contribution in [0, 0.1) is 19.8 Å². The van der Waals surface area contributed by atoms with Gasteiger partial charge in [0.1, 0.15) is 0 Å². The first-order chi connectivity index (χ1) is 11.7. The van der Waals surface area contributed by atoms with Crippen LogP contribution in [0.15, 0.2) is 23.1 Å². The molecule has 0 bridgehead atoms. The van der Waals surface area contributed by atoms with Crippen LogP contribution in [0.1, 0.15) is 31.4 Å². The molecular formula is C18H29N3O3S. The zero-order valence-corrected chi connectivity index (χ0v) is 16.3. The minimum absolute atomic E-state index is 0.0851. The third kappa shape index (κ3) is 4.22. The summed E-state index contributed by atoms with van der Waals surface area (Å²) in [7, 11) is -3.54. The molecule has 0 radical (unpaired) electrons. The van der Waals surface area contributed by atoms with E-state index in [1.165, 1.54) is 4.31 Å². The van der Waals surface area contributed by atoms with E-state index in [4.69, 9.17) is 5.73 Å². The molecule has 140 valence electrons. The maximum Gasteiger partial charge on any atom is 0.243 e. The van der Waals surface area contributed by atoms with E-state index < -0.39 is 16.1 Å². The number of sulfonamides is 1. The second kappa shape index (κ2) is 7.85. The molecule has 7 heteroatoms. The van der Waals surface area contributed by atoms with Crippen LogP contribution in [0.2, 0.25) is 0 Å². The molecule has 0 saturated carbocycles. The predicted molar refractivity (Wildman–Crippen MR) is 98.7 cm³/mol. The maximum atomic E-state index is 12.9. The van der Waals surface area contributed by atoms with E-state index >= 15 is 0 Å². The number of carbonyl (C=O) groups excluding carboxylic acids is 1. The van der Waals surface area contributed by atoms with Gasteiger partial charge in [0, 0.05) is 26.2 Å². The van der Waals surface area contributed by atoms with Crippen molar-refractivity contribution in [3.63, 3.8) is 0 Å². The van der Waals surface area contributed by atoms with E-state index in [-0.39, 0.29) is 11.8 Å². The van der Waals surface area contributed by atoms with Crippen molar-refractivity contribution in [1.82, 2.24) is 9.21 Å². The van der Waals surface area contributed by atoms with Crippen molar-refractivity contribution in [3.8, 4) is 0 Å². The second-order valence-electron chi connectivity index (χ2n) is 6.91. The highest BCUT2D eigenvalue weighted by Gasteiger charge is 2.33. The molecule has 1 fully saturated rings. The molecule has 0 spiro atoms. The van der Waals surface area contributed by atoms with Crippen LogP contribution >= 0.6 is 0 Å². The number of aryl methyl sites for hydroxylation is 2. The molecule has 1 heterocycles. The van der Waals surface area contributed by atoms with Crippen molar-refractivity contribution in [2.45, 2.75) is 45.1 Å². The first-order valence-electron chi connectivity index (χ1n) is 8.80. The van der Waals surface area contributed by atoms with Crippen LogP contribution in [-0.2, 0) is 14.8 Å². The summed E-state index contributed by atoms with van der Waals surface area (Å²) in [5, 5.41) is 0. The fourth-order valence-electron chi connectivity index (χ4n) is 2.98. The third-order valence-electron chi connectivity index (χ3n) is 5.05. The zero-order valence-electron chi connectivity index (χ0n) is 15.5. The minimum atomic E-state index is -3.54.